The monoisotopic (exact) mass is 578 g/mol. The van der Waals surface area contributed by atoms with Gasteiger partial charge in [0, 0.05) is 0 Å². The van der Waals surface area contributed by atoms with E-state index in [1.807, 2.05) is 0 Å². The molecule has 3 amide bonds. The van der Waals surface area contributed by atoms with E-state index in [0.29, 0.717) is 0 Å². The van der Waals surface area contributed by atoms with Crippen molar-refractivity contribution in [1.82, 2.24) is 5.06 Å². The number of ether oxygens (including phenoxy) is 3. The molecule has 20 nitrogen and oxygen atoms in total. The molecule has 0 unspecified atom stereocenters. The molecule has 39 heavy (non-hydrogen) atoms. The Kier molecular flexibility index (Phi) is 11.8. The van der Waals surface area contributed by atoms with Crippen LogP contribution in [0.25, 0.3) is 0 Å². The fourth-order valence-electron chi connectivity index (χ4n) is 3.79. The lowest BCUT2D eigenvalue weighted by Gasteiger charge is -2.43. The summed E-state index contributed by atoms with van der Waals surface area (Å²) < 4.78 is 15.7. The van der Waals surface area contributed by atoms with Gasteiger partial charge in [-0.15, -0.1) is 5.06 Å². The average molecular weight is 578 g/mol. The van der Waals surface area contributed by atoms with Crippen molar-refractivity contribution >= 4 is 11.9 Å². The third-order valence-corrected chi connectivity index (χ3v) is 6.17. The minimum absolute atomic E-state index is 0.323. The Hall–Kier alpha value is -1.70. The van der Waals surface area contributed by atoms with Crippen LogP contribution in [0.15, 0.2) is 0 Å². The number of urea groups is 1. The summed E-state index contributed by atoms with van der Waals surface area (Å²) in [6, 6.07) is -1.69. The molecule has 0 spiro atoms. The van der Waals surface area contributed by atoms with E-state index < -0.39 is 118 Å². The van der Waals surface area contributed by atoms with Gasteiger partial charge < -0.3 is 81.2 Å². The molecule has 2 saturated heterocycles. The number of hydroxylamine groups is 2. The lowest BCUT2D eigenvalue weighted by molar-refractivity contribution is -0.386. The third-order valence-electron chi connectivity index (χ3n) is 6.17. The molecule has 0 radical (unpaired) electrons. The van der Waals surface area contributed by atoms with Gasteiger partial charge in [-0.1, -0.05) is 0 Å². The molecule has 0 bridgehead atoms. The number of aliphatic hydroxyl groups excluding tert-OH is 12. The number of hydrogen-bond acceptors (Lipinski definition) is 18. The first-order chi connectivity index (χ1) is 18.2. The van der Waals surface area contributed by atoms with Gasteiger partial charge in [-0.2, -0.15) is 0 Å². The molecule has 0 aliphatic carbocycles. The molecule has 2 rings (SSSR count). The Balaban J connectivity index is 2.16. The first-order valence-corrected chi connectivity index (χ1v) is 11.4. The number of nitrogens with two attached hydrogens (primary N) is 1. The molecule has 2 fully saturated rings. The fraction of sp³-hybridized carbons (Fsp3) is 0.895. The molecule has 2 aliphatic heterocycles. The van der Waals surface area contributed by atoms with Gasteiger partial charge in [0.15, 0.2) is 12.4 Å². The molecule has 13 atom stereocenters. The zero-order valence-electron chi connectivity index (χ0n) is 20.1. The van der Waals surface area contributed by atoms with Gasteiger partial charge in [0.2, 0.25) is 5.79 Å². The number of aliphatic hydroxyl groups is 12. The number of carbonyl (C=O) groups is 2. The highest BCUT2D eigenvalue weighted by molar-refractivity contribution is 5.94. The zero-order chi connectivity index (χ0) is 29.8. The maximum Gasteiger partial charge on any atom is 0.346 e. The van der Waals surface area contributed by atoms with Crippen molar-refractivity contribution < 1.29 is 89.9 Å². The predicted molar refractivity (Wildman–Crippen MR) is 115 cm³/mol. The summed E-state index contributed by atoms with van der Waals surface area (Å²) in [5.74, 6) is -4.26. The van der Waals surface area contributed by atoms with Crippen molar-refractivity contribution in [1.29, 1.82) is 0 Å². The second-order valence-corrected chi connectivity index (χ2v) is 8.82. The Bertz CT molecular complexity index is 823. The van der Waals surface area contributed by atoms with E-state index in [1.165, 1.54) is 0 Å². The van der Waals surface area contributed by atoms with Crippen molar-refractivity contribution in [2.24, 2.45) is 5.73 Å². The van der Waals surface area contributed by atoms with Gasteiger partial charge in [0.25, 0.3) is 5.91 Å². The number of nitrogens with zero attached hydrogens (tertiary/aromatic N) is 1. The summed E-state index contributed by atoms with van der Waals surface area (Å²) >= 11 is 0. The number of primary amides is 1. The zero-order valence-corrected chi connectivity index (χ0v) is 20.1. The van der Waals surface area contributed by atoms with Crippen molar-refractivity contribution in [3.63, 3.8) is 0 Å². The molecule has 228 valence electrons. The van der Waals surface area contributed by atoms with Crippen molar-refractivity contribution in [2.45, 2.75) is 79.2 Å². The number of rotatable bonds is 12. The highest BCUT2D eigenvalue weighted by Gasteiger charge is 2.58. The standard InChI is InChI=1S/C19H34N2O18/c20-18(35)21(16(34)13(31)11(29)8(26)5(25)1-22)36-3-7-9(27)12(30)14(32)17(37-7)39-19(4-24)15(33)10(28)6(2-23)38-19/h5-15,17,22-33H,1-4H2,(H2,20,35)/t5-,6-,7-,8-,9-,10-,11+,12+,13-,14-,15+,17-,19+/m1/s1. The Morgan fingerprint density at radius 3 is 2.00 bits per heavy atom. The molecule has 0 aromatic rings. The average Bonchev–Trinajstić information content (AvgIpc) is 3.16. The molecule has 20 heteroatoms. The number of amides is 3. The predicted octanol–water partition coefficient (Wildman–Crippen LogP) is -9.11. The summed E-state index contributed by atoms with van der Waals surface area (Å²) in [4.78, 5) is 29.0. The van der Waals surface area contributed by atoms with Crippen LogP contribution in [0.1, 0.15) is 0 Å². The van der Waals surface area contributed by atoms with Crippen LogP contribution < -0.4 is 5.73 Å². The van der Waals surface area contributed by atoms with Crippen LogP contribution >= 0.6 is 0 Å². The van der Waals surface area contributed by atoms with Gasteiger partial charge in [-0.3, -0.25) is 9.63 Å². The van der Waals surface area contributed by atoms with E-state index in [-0.39, 0.29) is 5.06 Å². The molecular formula is C19H34N2O18. The van der Waals surface area contributed by atoms with E-state index >= 15 is 0 Å². The lowest BCUT2D eigenvalue weighted by atomic mass is 9.99. The van der Waals surface area contributed by atoms with E-state index in [0.717, 1.165) is 0 Å². The molecular weight excluding hydrogens is 544 g/mol. The maximum atomic E-state index is 12.4. The van der Waals surface area contributed by atoms with Crippen LogP contribution in [-0.2, 0) is 23.8 Å². The molecule has 0 aromatic heterocycles. The van der Waals surface area contributed by atoms with E-state index in [1.54, 1.807) is 0 Å². The minimum atomic E-state index is -2.63. The maximum absolute atomic E-state index is 12.4. The first-order valence-electron chi connectivity index (χ1n) is 11.4. The SMILES string of the molecule is NC(=O)N(OC[C@H]1O[C@H](O[C@]2(CO)O[C@H](CO)[C@@H](O)[C@@H]2O)[C@H](O)[C@@H](O)[C@@H]1O)C(=O)[C@H](O)[C@@H](O)[C@H](O)[C@H](O)CO. The topological polar surface area (TPSA) is 343 Å². The first kappa shape index (κ1) is 33.5. The summed E-state index contributed by atoms with van der Waals surface area (Å²) in [7, 11) is 0. The van der Waals surface area contributed by atoms with Gasteiger partial charge in [0.05, 0.1) is 13.2 Å². The summed E-state index contributed by atoms with van der Waals surface area (Å²) in [5.41, 5.74) is 5.03. The minimum Gasteiger partial charge on any atom is -0.394 e. The van der Waals surface area contributed by atoms with Crippen LogP contribution in [0.5, 0.6) is 0 Å². The van der Waals surface area contributed by atoms with Crippen molar-refractivity contribution in [3.05, 3.63) is 0 Å². The molecule has 14 N–H and O–H groups in total. The third kappa shape index (κ3) is 6.97. The molecule has 0 aromatic carbocycles. The van der Waals surface area contributed by atoms with Crippen LogP contribution in [0, 0.1) is 0 Å². The second kappa shape index (κ2) is 13.8. The highest BCUT2D eigenvalue weighted by Crippen LogP contribution is 2.36. The smallest absolute Gasteiger partial charge is 0.346 e. The van der Waals surface area contributed by atoms with Gasteiger partial charge >= 0.3 is 6.03 Å². The van der Waals surface area contributed by atoms with Crippen LogP contribution in [0.3, 0.4) is 0 Å². The Morgan fingerprint density at radius 2 is 1.51 bits per heavy atom. The van der Waals surface area contributed by atoms with E-state index in [4.69, 9.17) is 29.9 Å². The lowest BCUT2D eigenvalue weighted by Crippen LogP contribution is -2.63. The molecule has 2 heterocycles. The van der Waals surface area contributed by atoms with Gasteiger partial charge in [-0.05, 0) is 0 Å². The Morgan fingerprint density at radius 1 is 0.897 bits per heavy atom. The van der Waals surface area contributed by atoms with Crippen LogP contribution in [0.2, 0.25) is 0 Å². The largest absolute Gasteiger partial charge is 0.394 e. The normalized spacial score (nSPS) is 38.2. The number of imide groups is 1. The quantitative estimate of drug-likeness (QED) is 0.0955. The van der Waals surface area contributed by atoms with Gasteiger partial charge in [0.1, 0.15) is 74.3 Å². The number of hydrogen-bond donors (Lipinski definition) is 13. The Labute approximate surface area is 219 Å². The summed E-state index contributed by atoms with van der Waals surface area (Å²) in [6.45, 7) is -4.10. The van der Waals surface area contributed by atoms with Gasteiger partial charge in [-0.25, -0.2) is 4.79 Å². The van der Waals surface area contributed by atoms with Crippen molar-refractivity contribution in [3.8, 4) is 0 Å². The fourth-order valence-corrected chi connectivity index (χ4v) is 3.79. The molecule has 2 aliphatic rings. The summed E-state index contributed by atoms with van der Waals surface area (Å²) in [5, 5.41) is 117. The van der Waals surface area contributed by atoms with Crippen LogP contribution in [0.4, 0.5) is 4.79 Å². The second-order valence-electron chi connectivity index (χ2n) is 8.82. The highest BCUT2D eigenvalue weighted by atomic mass is 16.8. The van der Waals surface area contributed by atoms with Crippen LogP contribution in [-0.4, -0.2) is 184 Å². The van der Waals surface area contributed by atoms with E-state index in [2.05, 4.69) is 0 Å². The van der Waals surface area contributed by atoms with E-state index in [9.17, 15) is 65.8 Å². The summed E-state index contributed by atoms with van der Waals surface area (Å²) in [6.07, 6.45) is -24.5. The van der Waals surface area contributed by atoms with Crippen molar-refractivity contribution in [2.75, 3.05) is 26.4 Å². The number of carbonyl (C=O) groups excluding carboxylic acids is 2. The molecule has 0 saturated carbocycles.